The summed E-state index contributed by atoms with van der Waals surface area (Å²) in [5, 5.41) is 3.13. The van der Waals surface area contributed by atoms with Crippen LogP contribution >= 0.6 is 0 Å². The third-order valence-corrected chi connectivity index (χ3v) is 5.91. The van der Waals surface area contributed by atoms with Crippen LogP contribution in [-0.2, 0) is 16.0 Å². The number of nitrogens with one attached hydrogen (secondary N) is 1. The number of piperidine rings is 1. The van der Waals surface area contributed by atoms with Crippen molar-refractivity contribution in [2.24, 2.45) is 10.8 Å². The van der Waals surface area contributed by atoms with Crippen molar-refractivity contribution in [3.8, 4) is 11.1 Å². The van der Waals surface area contributed by atoms with E-state index in [4.69, 9.17) is 0 Å². The Morgan fingerprint density at radius 1 is 1.10 bits per heavy atom. The Morgan fingerprint density at radius 3 is 2.32 bits per heavy atom. The van der Waals surface area contributed by atoms with E-state index in [-0.39, 0.29) is 17.9 Å². The fraction of sp³-hybridized carbons (Fsp3) is 0.520. The summed E-state index contributed by atoms with van der Waals surface area (Å²) in [6.07, 6.45) is 7.07. The van der Waals surface area contributed by atoms with Crippen LogP contribution < -0.4 is 5.32 Å². The maximum absolute atomic E-state index is 13.3. The number of rotatable bonds is 5. The lowest BCUT2D eigenvalue weighted by Crippen LogP contribution is -2.53. The van der Waals surface area contributed by atoms with Crippen LogP contribution in [-0.4, -0.2) is 45.8 Å². The van der Waals surface area contributed by atoms with Crippen molar-refractivity contribution in [1.29, 1.82) is 0 Å². The normalized spacial score (nSPS) is 16.3. The van der Waals surface area contributed by atoms with Crippen LogP contribution in [0.1, 0.15) is 53.0 Å². The van der Waals surface area contributed by atoms with Gasteiger partial charge in [0.1, 0.15) is 6.33 Å². The van der Waals surface area contributed by atoms with Crippen molar-refractivity contribution >= 4 is 11.8 Å². The molecule has 2 heterocycles. The number of benzene rings is 1. The molecule has 0 bridgehead atoms. The van der Waals surface area contributed by atoms with Crippen LogP contribution in [0.25, 0.3) is 11.1 Å². The zero-order valence-electron chi connectivity index (χ0n) is 19.3. The number of amides is 2. The van der Waals surface area contributed by atoms with Gasteiger partial charge in [-0.3, -0.25) is 9.59 Å². The van der Waals surface area contributed by atoms with Crippen molar-refractivity contribution in [3.05, 3.63) is 48.5 Å². The molecule has 1 N–H and O–H groups in total. The molecule has 3 rings (SSSR count). The SMILES string of the molecule is CC(C)NC(=O)C1(Cc2cccc(-c3cncnc3)c2)CCN(C(=O)C(C)(C)C)CC1. The smallest absolute Gasteiger partial charge is 0.227 e. The first-order valence-electron chi connectivity index (χ1n) is 11.1. The highest BCUT2D eigenvalue weighted by molar-refractivity contribution is 5.85. The van der Waals surface area contributed by atoms with E-state index in [1.807, 2.05) is 51.7 Å². The third kappa shape index (κ3) is 5.49. The predicted molar refractivity (Wildman–Crippen MR) is 122 cm³/mol. The molecule has 1 fully saturated rings. The molecule has 1 aliphatic rings. The summed E-state index contributed by atoms with van der Waals surface area (Å²) in [6, 6.07) is 8.32. The molecule has 1 saturated heterocycles. The number of hydrogen-bond acceptors (Lipinski definition) is 4. The van der Waals surface area contributed by atoms with Gasteiger partial charge in [-0.1, -0.05) is 45.0 Å². The Hall–Kier alpha value is -2.76. The Labute approximate surface area is 185 Å². The minimum Gasteiger partial charge on any atom is -0.353 e. The molecule has 1 aromatic heterocycles. The van der Waals surface area contributed by atoms with Crippen LogP contribution in [0, 0.1) is 10.8 Å². The number of hydrogen-bond donors (Lipinski definition) is 1. The lowest BCUT2D eigenvalue weighted by atomic mass is 9.72. The van der Waals surface area contributed by atoms with Gasteiger partial charge < -0.3 is 10.2 Å². The van der Waals surface area contributed by atoms with E-state index in [1.54, 1.807) is 12.4 Å². The second-order valence-electron chi connectivity index (χ2n) is 9.96. The van der Waals surface area contributed by atoms with E-state index in [2.05, 4.69) is 27.4 Å². The Bertz CT molecular complexity index is 911. The Balaban J connectivity index is 1.84. The fourth-order valence-corrected chi connectivity index (χ4v) is 4.21. The summed E-state index contributed by atoms with van der Waals surface area (Å²) in [5.74, 6) is 0.232. The fourth-order valence-electron chi connectivity index (χ4n) is 4.21. The quantitative estimate of drug-likeness (QED) is 0.794. The van der Waals surface area contributed by atoms with E-state index >= 15 is 0 Å². The van der Waals surface area contributed by atoms with Crippen LogP contribution in [0.5, 0.6) is 0 Å². The van der Waals surface area contributed by atoms with Crippen molar-refractivity contribution in [2.75, 3.05) is 13.1 Å². The first kappa shape index (κ1) is 22.9. The van der Waals surface area contributed by atoms with Crippen LogP contribution in [0.15, 0.2) is 43.0 Å². The summed E-state index contributed by atoms with van der Waals surface area (Å²) < 4.78 is 0. The van der Waals surface area contributed by atoms with E-state index < -0.39 is 10.8 Å². The standard InChI is InChI=1S/C25H34N4O2/c1-18(2)28-22(30)25(9-11-29(12-10-25)23(31)24(3,4)5)14-19-7-6-8-20(13-19)21-15-26-17-27-16-21/h6-8,13,15-18H,9-12,14H2,1-5H3,(H,28,30). The maximum atomic E-state index is 13.3. The van der Waals surface area contributed by atoms with Gasteiger partial charge in [0.15, 0.2) is 0 Å². The molecule has 0 unspecified atom stereocenters. The summed E-state index contributed by atoms with van der Waals surface area (Å²) >= 11 is 0. The lowest BCUT2D eigenvalue weighted by molar-refractivity contribution is -0.146. The number of carbonyl (C=O) groups excluding carboxylic acids is 2. The molecule has 2 amide bonds. The summed E-state index contributed by atoms with van der Waals surface area (Å²) in [4.78, 5) is 36.2. The van der Waals surface area contributed by atoms with Crippen molar-refractivity contribution in [1.82, 2.24) is 20.2 Å². The van der Waals surface area contributed by atoms with Crippen molar-refractivity contribution in [2.45, 2.75) is 59.9 Å². The molecule has 31 heavy (non-hydrogen) atoms. The van der Waals surface area contributed by atoms with Crippen LogP contribution in [0.4, 0.5) is 0 Å². The zero-order chi connectivity index (χ0) is 22.6. The molecular weight excluding hydrogens is 388 g/mol. The van der Waals surface area contributed by atoms with E-state index in [1.165, 1.54) is 6.33 Å². The molecule has 1 aliphatic heterocycles. The van der Waals surface area contributed by atoms with Gasteiger partial charge in [0.2, 0.25) is 11.8 Å². The molecule has 2 aromatic rings. The van der Waals surface area contributed by atoms with Gasteiger partial charge in [-0.2, -0.15) is 0 Å². The molecule has 0 radical (unpaired) electrons. The topological polar surface area (TPSA) is 75.2 Å². The van der Waals surface area contributed by atoms with Crippen molar-refractivity contribution < 1.29 is 9.59 Å². The first-order chi connectivity index (χ1) is 14.6. The highest BCUT2D eigenvalue weighted by Gasteiger charge is 2.43. The van der Waals surface area contributed by atoms with Gasteiger partial charge in [0.05, 0.1) is 5.41 Å². The maximum Gasteiger partial charge on any atom is 0.227 e. The monoisotopic (exact) mass is 422 g/mol. The van der Waals surface area contributed by atoms with E-state index in [0.29, 0.717) is 32.4 Å². The van der Waals surface area contributed by atoms with Gasteiger partial charge in [-0.05, 0) is 44.2 Å². The van der Waals surface area contributed by atoms with Gasteiger partial charge in [0, 0.05) is 42.5 Å². The summed E-state index contributed by atoms with van der Waals surface area (Å²) in [7, 11) is 0. The Morgan fingerprint density at radius 2 is 1.74 bits per heavy atom. The highest BCUT2D eigenvalue weighted by Crippen LogP contribution is 2.37. The second kappa shape index (κ2) is 9.16. The largest absolute Gasteiger partial charge is 0.353 e. The average molecular weight is 423 g/mol. The molecule has 6 nitrogen and oxygen atoms in total. The van der Waals surface area contributed by atoms with Crippen molar-refractivity contribution in [3.63, 3.8) is 0 Å². The molecule has 0 atom stereocenters. The summed E-state index contributed by atoms with van der Waals surface area (Å²) in [5.41, 5.74) is 2.17. The first-order valence-corrected chi connectivity index (χ1v) is 11.1. The van der Waals surface area contributed by atoms with Crippen LogP contribution in [0.2, 0.25) is 0 Å². The molecule has 6 heteroatoms. The molecule has 0 spiro atoms. The Kier molecular flexibility index (Phi) is 6.77. The van der Waals surface area contributed by atoms with Gasteiger partial charge in [-0.25, -0.2) is 9.97 Å². The minimum absolute atomic E-state index is 0.0754. The van der Waals surface area contributed by atoms with Gasteiger partial charge in [0.25, 0.3) is 0 Å². The van der Waals surface area contributed by atoms with E-state index in [0.717, 1.165) is 16.7 Å². The molecular formula is C25H34N4O2. The number of nitrogens with zero attached hydrogens (tertiary/aromatic N) is 3. The third-order valence-electron chi connectivity index (χ3n) is 5.91. The molecule has 0 aliphatic carbocycles. The molecule has 0 saturated carbocycles. The summed E-state index contributed by atoms with van der Waals surface area (Å²) in [6.45, 7) is 11.0. The second-order valence-corrected chi connectivity index (χ2v) is 9.96. The predicted octanol–water partition coefficient (Wildman–Crippen LogP) is 3.87. The zero-order valence-corrected chi connectivity index (χ0v) is 19.3. The molecule has 166 valence electrons. The number of carbonyl (C=O) groups is 2. The van der Waals surface area contributed by atoms with E-state index in [9.17, 15) is 9.59 Å². The minimum atomic E-state index is -0.523. The number of aromatic nitrogens is 2. The van der Waals surface area contributed by atoms with Gasteiger partial charge >= 0.3 is 0 Å². The average Bonchev–Trinajstić information content (AvgIpc) is 2.73. The van der Waals surface area contributed by atoms with Gasteiger partial charge in [-0.15, -0.1) is 0 Å². The van der Waals surface area contributed by atoms with Crippen LogP contribution in [0.3, 0.4) is 0 Å². The molecule has 1 aromatic carbocycles. The lowest BCUT2D eigenvalue weighted by Gasteiger charge is -2.42. The highest BCUT2D eigenvalue weighted by atomic mass is 16.2. The number of likely N-dealkylation sites (tertiary alicyclic amines) is 1.